The van der Waals surface area contributed by atoms with Crippen LogP contribution in [0.3, 0.4) is 0 Å². The van der Waals surface area contributed by atoms with Gasteiger partial charge in [0.25, 0.3) is 5.91 Å². The Bertz CT molecular complexity index is 1320. The van der Waals surface area contributed by atoms with E-state index >= 15 is 0 Å². The van der Waals surface area contributed by atoms with Gasteiger partial charge in [-0.1, -0.05) is 12.1 Å². The number of ether oxygens (including phenoxy) is 1. The molecule has 0 fully saturated rings. The van der Waals surface area contributed by atoms with Gasteiger partial charge in [-0.2, -0.15) is 0 Å². The van der Waals surface area contributed by atoms with Crippen LogP contribution < -0.4 is 10.1 Å². The van der Waals surface area contributed by atoms with Crippen LogP contribution in [-0.4, -0.2) is 51.1 Å². The van der Waals surface area contributed by atoms with Crippen molar-refractivity contribution in [3.8, 4) is 16.9 Å². The fourth-order valence-corrected chi connectivity index (χ4v) is 3.88. The molecule has 1 amide bonds. The summed E-state index contributed by atoms with van der Waals surface area (Å²) in [4.78, 5) is 18.2. The molecule has 0 atom stereocenters. The van der Waals surface area contributed by atoms with Crippen molar-refractivity contribution < 1.29 is 13.9 Å². The quantitative estimate of drug-likeness (QED) is 0.522. The number of halogens is 1. The standard InChI is InChI=1S/C23H21FN6O2/c1-29(2)22(31)15-5-3-14(4-6-15)17-11-25-23(30-13-27-28-21(17)30)26-12-18-16-9-10-32-20(16)8-7-19(18)24/h3-8,11,13H,9-10,12H2,1-2H3,(H,25,26). The molecule has 32 heavy (non-hydrogen) atoms. The number of aromatic nitrogens is 4. The highest BCUT2D eigenvalue weighted by atomic mass is 19.1. The molecule has 1 N–H and O–H groups in total. The van der Waals surface area contributed by atoms with Crippen molar-refractivity contribution in [2.24, 2.45) is 0 Å². The monoisotopic (exact) mass is 432 g/mol. The van der Waals surface area contributed by atoms with Crippen molar-refractivity contribution >= 4 is 17.5 Å². The summed E-state index contributed by atoms with van der Waals surface area (Å²) in [6, 6.07) is 10.4. The number of amides is 1. The average Bonchev–Trinajstić information content (AvgIpc) is 3.48. The van der Waals surface area contributed by atoms with Crippen LogP contribution in [0.4, 0.5) is 10.3 Å². The van der Waals surface area contributed by atoms with Crippen molar-refractivity contribution in [2.45, 2.75) is 13.0 Å². The van der Waals surface area contributed by atoms with Gasteiger partial charge in [-0.3, -0.25) is 9.20 Å². The lowest BCUT2D eigenvalue weighted by Gasteiger charge is -2.13. The molecular weight excluding hydrogens is 411 g/mol. The summed E-state index contributed by atoms with van der Waals surface area (Å²) >= 11 is 0. The SMILES string of the molecule is CN(C)C(=O)c1ccc(-c2cnc(NCc3c(F)ccc4c3CCO4)n3cnnc23)cc1. The molecule has 0 bridgehead atoms. The first kappa shape index (κ1) is 19.9. The Kier molecular flexibility index (Phi) is 4.93. The molecule has 3 heterocycles. The molecule has 0 saturated heterocycles. The first-order chi connectivity index (χ1) is 15.5. The lowest BCUT2D eigenvalue weighted by Crippen LogP contribution is -2.21. The Morgan fingerprint density at radius 1 is 1.22 bits per heavy atom. The van der Waals surface area contributed by atoms with Crippen molar-refractivity contribution in [1.29, 1.82) is 0 Å². The van der Waals surface area contributed by atoms with E-state index in [1.807, 2.05) is 12.1 Å². The normalized spacial score (nSPS) is 12.5. The summed E-state index contributed by atoms with van der Waals surface area (Å²) in [5, 5.41) is 11.5. The molecule has 4 aromatic rings. The summed E-state index contributed by atoms with van der Waals surface area (Å²) in [6.07, 6.45) is 3.95. The Balaban J connectivity index is 1.44. The van der Waals surface area contributed by atoms with Gasteiger partial charge in [0.2, 0.25) is 5.95 Å². The van der Waals surface area contributed by atoms with Crippen LogP contribution in [-0.2, 0) is 13.0 Å². The van der Waals surface area contributed by atoms with E-state index in [4.69, 9.17) is 4.74 Å². The first-order valence-corrected chi connectivity index (χ1v) is 10.2. The number of fused-ring (bicyclic) bond motifs is 2. The number of nitrogens with zero attached hydrogens (tertiary/aromatic N) is 5. The zero-order valence-corrected chi connectivity index (χ0v) is 17.7. The van der Waals surface area contributed by atoms with E-state index in [-0.39, 0.29) is 18.3 Å². The van der Waals surface area contributed by atoms with E-state index in [2.05, 4.69) is 20.5 Å². The molecule has 2 aromatic carbocycles. The van der Waals surface area contributed by atoms with Crippen LogP contribution in [0.2, 0.25) is 0 Å². The number of benzene rings is 2. The molecule has 162 valence electrons. The average molecular weight is 432 g/mol. The molecule has 9 heteroatoms. The van der Waals surface area contributed by atoms with Crippen molar-refractivity contribution in [2.75, 3.05) is 26.0 Å². The van der Waals surface area contributed by atoms with E-state index in [1.54, 1.807) is 49.2 Å². The van der Waals surface area contributed by atoms with Gasteiger partial charge < -0.3 is 15.0 Å². The maximum atomic E-state index is 14.5. The lowest BCUT2D eigenvalue weighted by molar-refractivity contribution is 0.0827. The van der Waals surface area contributed by atoms with Crippen LogP contribution >= 0.6 is 0 Å². The third kappa shape index (κ3) is 3.41. The van der Waals surface area contributed by atoms with Gasteiger partial charge in [0.05, 0.1) is 6.61 Å². The minimum atomic E-state index is -0.272. The molecular formula is C23H21FN6O2. The number of carbonyl (C=O) groups excluding carboxylic acids is 1. The van der Waals surface area contributed by atoms with Gasteiger partial charge in [-0.15, -0.1) is 10.2 Å². The van der Waals surface area contributed by atoms with Crippen molar-refractivity contribution in [1.82, 2.24) is 24.5 Å². The smallest absolute Gasteiger partial charge is 0.253 e. The number of hydrogen-bond donors (Lipinski definition) is 1. The van der Waals surface area contributed by atoms with Crippen LogP contribution in [0.1, 0.15) is 21.5 Å². The van der Waals surface area contributed by atoms with Gasteiger partial charge >= 0.3 is 0 Å². The van der Waals surface area contributed by atoms with E-state index in [1.165, 1.54) is 11.0 Å². The maximum absolute atomic E-state index is 14.5. The molecule has 8 nitrogen and oxygen atoms in total. The van der Waals surface area contributed by atoms with E-state index in [9.17, 15) is 9.18 Å². The lowest BCUT2D eigenvalue weighted by atomic mass is 10.0. The zero-order valence-electron chi connectivity index (χ0n) is 17.7. The van der Waals surface area contributed by atoms with Crippen LogP contribution in [0.5, 0.6) is 5.75 Å². The predicted molar refractivity (Wildman–Crippen MR) is 117 cm³/mol. The number of hydrogen-bond acceptors (Lipinski definition) is 6. The second-order valence-corrected chi connectivity index (χ2v) is 7.75. The van der Waals surface area contributed by atoms with Crippen LogP contribution in [0.25, 0.3) is 16.8 Å². The Morgan fingerprint density at radius 3 is 2.81 bits per heavy atom. The molecule has 0 spiro atoms. The molecule has 0 aliphatic carbocycles. The molecule has 1 aliphatic heterocycles. The molecule has 0 saturated carbocycles. The number of rotatable bonds is 5. The van der Waals surface area contributed by atoms with Crippen molar-refractivity contribution in [3.63, 3.8) is 0 Å². The Morgan fingerprint density at radius 2 is 2.03 bits per heavy atom. The van der Waals surface area contributed by atoms with Gasteiger partial charge in [-0.05, 0) is 29.8 Å². The largest absolute Gasteiger partial charge is 0.493 e. The fraction of sp³-hybridized carbons (Fsp3) is 0.217. The van der Waals surface area contributed by atoms with Gasteiger partial charge in [0, 0.05) is 55.5 Å². The molecule has 0 unspecified atom stereocenters. The summed E-state index contributed by atoms with van der Waals surface area (Å²) in [6.45, 7) is 0.826. The number of carbonyl (C=O) groups is 1. The topological polar surface area (TPSA) is 84.7 Å². The van der Waals surface area contributed by atoms with E-state index < -0.39 is 0 Å². The fourth-order valence-electron chi connectivity index (χ4n) is 3.88. The van der Waals surface area contributed by atoms with Gasteiger partial charge in [-0.25, -0.2) is 9.37 Å². The molecule has 1 aliphatic rings. The summed E-state index contributed by atoms with van der Waals surface area (Å²) in [7, 11) is 3.43. The Labute approximate surface area is 183 Å². The molecule has 2 aromatic heterocycles. The van der Waals surface area contributed by atoms with E-state index in [0.29, 0.717) is 35.8 Å². The van der Waals surface area contributed by atoms with Gasteiger partial charge in [0.1, 0.15) is 17.9 Å². The van der Waals surface area contributed by atoms with E-state index in [0.717, 1.165) is 22.4 Å². The number of anilines is 1. The van der Waals surface area contributed by atoms with Crippen LogP contribution in [0.15, 0.2) is 48.9 Å². The summed E-state index contributed by atoms with van der Waals surface area (Å²) in [5.41, 5.74) is 4.31. The summed E-state index contributed by atoms with van der Waals surface area (Å²) < 4.78 is 21.7. The molecule has 5 rings (SSSR count). The highest BCUT2D eigenvalue weighted by Gasteiger charge is 2.20. The highest BCUT2D eigenvalue weighted by molar-refractivity contribution is 5.94. The minimum absolute atomic E-state index is 0.0631. The highest BCUT2D eigenvalue weighted by Crippen LogP contribution is 2.31. The van der Waals surface area contributed by atoms with Crippen molar-refractivity contribution in [3.05, 3.63) is 71.4 Å². The Hall–Kier alpha value is -4.01. The first-order valence-electron chi connectivity index (χ1n) is 10.2. The third-order valence-electron chi connectivity index (χ3n) is 5.55. The summed E-state index contributed by atoms with van der Waals surface area (Å²) in [5.74, 6) is 0.902. The second kappa shape index (κ2) is 7.92. The predicted octanol–water partition coefficient (Wildman–Crippen LogP) is 3.18. The van der Waals surface area contributed by atoms with Crippen LogP contribution in [0, 0.1) is 5.82 Å². The van der Waals surface area contributed by atoms with Gasteiger partial charge in [0.15, 0.2) is 5.65 Å². The zero-order chi connectivity index (χ0) is 22.2. The number of nitrogens with one attached hydrogen (secondary N) is 1. The molecule has 0 radical (unpaired) electrons. The minimum Gasteiger partial charge on any atom is -0.493 e. The second-order valence-electron chi connectivity index (χ2n) is 7.75. The maximum Gasteiger partial charge on any atom is 0.253 e. The third-order valence-corrected chi connectivity index (χ3v) is 5.55.